The first-order valence-electron chi connectivity index (χ1n) is 14.1. The summed E-state index contributed by atoms with van der Waals surface area (Å²) in [5.74, 6) is 0. The van der Waals surface area contributed by atoms with E-state index in [-0.39, 0.29) is 6.61 Å². The monoisotopic (exact) mass is 652 g/mol. The van der Waals surface area contributed by atoms with E-state index in [0.29, 0.717) is 5.56 Å². The molecule has 2 aliphatic heterocycles. The minimum atomic E-state index is -6.11. The average Bonchev–Trinajstić information content (AvgIpc) is 3.00. The fourth-order valence-corrected chi connectivity index (χ4v) is 11.1. The molecule has 0 unspecified atom stereocenters. The van der Waals surface area contributed by atoms with Gasteiger partial charge in [-0.2, -0.15) is 21.6 Å². The predicted molar refractivity (Wildman–Crippen MR) is 158 cm³/mol. The third-order valence-electron chi connectivity index (χ3n) is 7.84. The standard InChI is InChI=1S/C31H35F3O8SSi/c1-30(2,3)44(22-16-10-6-11-17-22,23-18-12-7-13-19-23)42-27-26(41-43(35,36)31(32,33)34)25-24(39-29(27)37-4)20-38-28(40-25)21-14-8-5-9-15-21/h5-19,24-29H,20H2,1-4H3/t24-,25-,26+,27-,28-,29+/m1/s1. The predicted octanol–water partition coefficient (Wildman–Crippen LogP) is 4.65. The first kappa shape index (κ1) is 32.8. The molecule has 0 aromatic heterocycles. The van der Waals surface area contributed by atoms with E-state index in [1.807, 2.05) is 81.4 Å². The molecule has 0 radical (unpaired) electrons. The fourth-order valence-electron chi connectivity index (χ4n) is 5.85. The summed E-state index contributed by atoms with van der Waals surface area (Å²) in [4.78, 5) is 0. The molecule has 0 spiro atoms. The van der Waals surface area contributed by atoms with Gasteiger partial charge in [0.25, 0.3) is 8.32 Å². The minimum absolute atomic E-state index is 0.123. The van der Waals surface area contributed by atoms with E-state index in [0.717, 1.165) is 10.4 Å². The second-order valence-electron chi connectivity index (χ2n) is 11.7. The van der Waals surface area contributed by atoms with Crippen molar-refractivity contribution in [3.8, 4) is 0 Å². The van der Waals surface area contributed by atoms with Gasteiger partial charge < -0.3 is 23.4 Å². The highest BCUT2D eigenvalue weighted by atomic mass is 32.2. The first-order valence-corrected chi connectivity index (χ1v) is 17.4. The van der Waals surface area contributed by atoms with E-state index in [1.165, 1.54) is 7.11 Å². The second kappa shape index (κ2) is 12.6. The van der Waals surface area contributed by atoms with E-state index in [4.69, 9.17) is 27.6 Å². The number of fused-ring (bicyclic) bond motifs is 1. The van der Waals surface area contributed by atoms with Crippen LogP contribution >= 0.6 is 0 Å². The molecule has 238 valence electrons. The highest BCUT2D eigenvalue weighted by Crippen LogP contribution is 2.43. The van der Waals surface area contributed by atoms with Crippen LogP contribution in [0.25, 0.3) is 0 Å². The Morgan fingerprint density at radius 1 is 0.795 bits per heavy atom. The Bertz CT molecular complexity index is 1450. The molecule has 8 nitrogen and oxygen atoms in total. The molecule has 2 heterocycles. The Hall–Kier alpha value is -2.62. The lowest BCUT2D eigenvalue weighted by Crippen LogP contribution is -2.73. The summed E-state index contributed by atoms with van der Waals surface area (Å²) >= 11 is 0. The van der Waals surface area contributed by atoms with Gasteiger partial charge in [0.1, 0.15) is 24.4 Å². The lowest BCUT2D eigenvalue weighted by Gasteiger charge is -2.52. The van der Waals surface area contributed by atoms with Crippen LogP contribution in [-0.4, -0.2) is 66.7 Å². The van der Waals surface area contributed by atoms with Gasteiger partial charge in [-0.15, -0.1) is 0 Å². The van der Waals surface area contributed by atoms with Gasteiger partial charge in [-0.25, -0.2) is 0 Å². The number of alkyl halides is 3. The number of hydrogen-bond donors (Lipinski definition) is 0. The van der Waals surface area contributed by atoms with Crippen LogP contribution in [0.4, 0.5) is 13.2 Å². The Labute approximate surface area is 256 Å². The van der Waals surface area contributed by atoms with E-state index in [1.54, 1.807) is 30.3 Å². The maximum Gasteiger partial charge on any atom is 0.523 e. The van der Waals surface area contributed by atoms with Crippen LogP contribution in [0.15, 0.2) is 91.0 Å². The molecule has 3 aromatic carbocycles. The Morgan fingerprint density at radius 3 is 1.80 bits per heavy atom. The van der Waals surface area contributed by atoms with Crippen molar-refractivity contribution in [2.75, 3.05) is 13.7 Å². The average molecular weight is 653 g/mol. The maximum atomic E-state index is 13.8. The van der Waals surface area contributed by atoms with Crippen molar-refractivity contribution in [2.24, 2.45) is 0 Å². The molecule has 2 aliphatic rings. The molecule has 2 fully saturated rings. The van der Waals surface area contributed by atoms with Crippen LogP contribution in [0.3, 0.4) is 0 Å². The largest absolute Gasteiger partial charge is 0.523 e. The zero-order chi connectivity index (χ0) is 31.8. The van der Waals surface area contributed by atoms with E-state index in [9.17, 15) is 21.6 Å². The van der Waals surface area contributed by atoms with Crippen molar-refractivity contribution in [1.29, 1.82) is 0 Å². The van der Waals surface area contributed by atoms with Crippen molar-refractivity contribution in [2.45, 2.75) is 68.3 Å². The third kappa shape index (κ3) is 6.24. The quantitative estimate of drug-likeness (QED) is 0.198. The molecule has 3 aromatic rings. The Kier molecular flexibility index (Phi) is 9.41. The van der Waals surface area contributed by atoms with Gasteiger partial charge in [-0.3, -0.25) is 4.18 Å². The van der Waals surface area contributed by atoms with Gasteiger partial charge in [-0.1, -0.05) is 112 Å². The molecular weight excluding hydrogens is 617 g/mol. The number of methoxy groups -OCH3 is 1. The van der Waals surface area contributed by atoms with Crippen LogP contribution in [0.5, 0.6) is 0 Å². The molecule has 5 rings (SSSR count). The topological polar surface area (TPSA) is 89.5 Å². The highest BCUT2D eigenvalue weighted by Gasteiger charge is 2.61. The molecule has 0 saturated carbocycles. The van der Waals surface area contributed by atoms with E-state index < -0.39 is 66.0 Å². The Balaban J connectivity index is 1.67. The summed E-state index contributed by atoms with van der Waals surface area (Å²) in [6.45, 7) is 5.81. The van der Waals surface area contributed by atoms with Gasteiger partial charge in [0.05, 0.1) is 6.61 Å². The normalized spacial score (nSPS) is 26.6. The fraction of sp³-hybridized carbons (Fsp3) is 0.419. The number of halogens is 3. The SMILES string of the molecule is CO[C@H]1O[C@@H]2CO[C@@H](c3ccccc3)O[C@H]2[C@H](OS(=O)(=O)C(F)(F)F)[C@H]1O[Si](c1ccccc1)(c1ccccc1)C(C)(C)C. The molecule has 0 amide bonds. The van der Waals surface area contributed by atoms with Crippen LogP contribution in [-0.2, 0) is 37.7 Å². The van der Waals surface area contributed by atoms with Gasteiger partial charge in [-0.05, 0) is 15.4 Å². The molecule has 0 N–H and O–H groups in total. The Morgan fingerprint density at radius 2 is 1.32 bits per heavy atom. The molecule has 13 heteroatoms. The van der Waals surface area contributed by atoms with Crippen molar-refractivity contribution in [3.63, 3.8) is 0 Å². The molecule has 6 atom stereocenters. The summed E-state index contributed by atoms with van der Waals surface area (Å²) in [5, 5.41) is 0.993. The zero-order valence-electron chi connectivity index (χ0n) is 24.6. The van der Waals surface area contributed by atoms with E-state index >= 15 is 0 Å². The van der Waals surface area contributed by atoms with Crippen LogP contribution in [0, 0.1) is 0 Å². The first-order chi connectivity index (χ1) is 20.8. The summed E-state index contributed by atoms with van der Waals surface area (Å²) < 4.78 is 103. The summed E-state index contributed by atoms with van der Waals surface area (Å²) in [7, 11) is -8.30. The van der Waals surface area contributed by atoms with E-state index in [2.05, 4.69) is 0 Å². The molecule has 44 heavy (non-hydrogen) atoms. The molecule has 0 aliphatic carbocycles. The van der Waals surface area contributed by atoms with Crippen molar-refractivity contribution < 1.29 is 49.1 Å². The molecule has 0 bridgehead atoms. The third-order valence-corrected chi connectivity index (χ3v) is 13.9. The molecular formula is C31H35F3O8SSi. The summed E-state index contributed by atoms with van der Waals surface area (Å²) in [6.07, 6.45) is -7.99. The van der Waals surface area contributed by atoms with Crippen molar-refractivity contribution >= 4 is 28.8 Å². The lowest BCUT2D eigenvalue weighted by molar-refractivity contribution is -0.352. The van der Waals surface area contributed by atoms with Gasteiger partial charge in [0, 0.05) is 12.7 Å². The number of ether oxygens (including phenoxy) is 4. The maximum absolute atomic E-state index is 13.8. The van der Waals surface area contributed by atoms with Crippen molar-refractivity contribution in [1.82, 2.24) is 0 Å². The van der Waals surface area contributed by atoms with Crippen LogP contribution < -0.4 is 10.4 Å². The summed E-state index contributed by atoms with van der Waals surface area (Å²) in [6, 6.07) is 27.5. The number of benzene rings is 3. The van der Waals surface area contributed by atoms with Gasteiger partial charge in [0.2, 0.25) is 0 Å². The van der Waals surface area contributed by atoms with Gasteiger partial charge in [0.15, 0.2) is 12.6 Å². The van der Waals surface area contributed by atoms with Crippen LogP contribution in [0.1, 0.15) is 32.6 Å². The van der Waals surface area contributed by atoms with Crippen LogP contribution in [0.2, 0.25) is 5.04 Å². The zero-order valence-corrected chi connectivity index (χ0v) is 26.5. The van der Waals surface area contributed by atoms with Gasteiger partial charge >= 0.3 is 15.6 Å². The number of hydrogen-bond acceptors (Lipinski definition) is 8. The highest BCUT2D eigenvalue weighted by molar-refractivity contribution is 7.87. The lowest BCUT2D eigenvalue weighted by atomic mass is 9.98. The minimum Gasteiger partial charge on any atom is -0.396 e. The smallest absolute Gasteiger partial charge is 0.396 e. The molecule has 2 saturated heterocycles. The second-order valence-corrected chi connectivity index (χ2v) is 17.5. The summed E-state index contributed by atoms with van der Waals surface area (Å²) in [5.41, 5.74) is -5.11. The van der Waals surface area contributed by atoms with Crippen molar-refractivity contribution in [3.05, 3.63) is 96.6 Å². The number of rotatable bonds is 8.